The lowest BCUT2D eigenvalue weighted by molar-refractivity contribution is -0.132. The van der Waals surface area contributed by atoms with Crippen LogP contribution in [0.3, 0.4) is 0 Å². The van der Waals surface area contributed by atoms with Gasteiger partial charge in [0.15, 0.2) is 11.6 Å². The van der Waals surface area contributed by atoms with Crippen molar-refractivity contribution in [2.24, 2.45) is 5.41 Å². The lowest BCUT2D eigenvalue weighted by Gasteiger charge is -2.20. The summed E-state index contributed by atoms with van der Waals surface area (Å²) in [5, 5.41) is 0. The number of Topliss-reactive ketones (excluding diaryl/α,β-unsaturated/α-hetero) is 2. The lowest BCUT2D eigenvalue weighted by atomic mass is 9.78. The zero-order chi connectivity index (χ0) is 8.77. The van der Waals surface area contributed by atoms with Crippen molar-refractivity contribution in [2.45, 2.75) is 32.6 Å². The standard InChI is InChI=1S/C10H12O2/c1-7-3-2-6-10(7)8(11)4-5-9(10)12/h3H,2,4-6H2,1H3. The summed E-state index contributed by atoms with van der Waals surface area (Å²) in [5.74, 6) is 0.303. The summed E-state index contributed by atoms with van der Waals surface area (Å²) in [6.45, 7) is 1.91. The molecule has 0 heterocycles. The monoisotopic (exact) mass is 164 g/mol. The number of rotatable bonds is 0. The molecule has 1 fully saturated rings. The largest absolute Gasteiger partial charge is 0.298 e. The third-order valence-electron chi connectivity index (χ3n) is 3.17. The maximum atomic E-state index is 11.6. The quantitative estimate of drug-likeness (QED) is 0.403. The molecule has 1 saturated carbocycles. The molecule has 0 unspecified atom stereocenters. The van der Waals surface area contributed by atoms with Gasteiger partial charge in [0.05, 0.1) is 0 Å². The molecule has 2 heteroatoms. The number of hydrogen-bond donors (Lipinski definition) is 0. The van der Waals surface area contributed by atoms with E-state index in [1.807, 2.05) is 13.0 Å². The van der Waals surface area contributed by atoms with Crippen molar-refractivity contribution in [3.05, 3.63) is 11.6 Å². The molecule has 2 aliphatic rings. The number of allylic oxidation sites excluding steroid dienone is 2. The Hall–Kier alpha value is -0.920. The van der Waals surface area contributed by atoms with E-state index in [0.717, 1.165) is 18.4 Å². The molecule has 12 heavy (non-hydrogen) atoms. The predicted octanol–water partition coefficient (Wildman–Crippen LogP) is 1.64. The first-order chi connectivity index (χ1) is 5.68. The third kappa shape index (κ3) is 0.701. The smallest absolute Gasteiger partial charge is 0.150 e. The highest BCUT2D eigenvalue weighted by atomic mass is 16.2. The molecule has 0 saturated heterocycles. The first-order valence-electron chi connectivity index (χ1n) is 4.42. The molecule has 0 N–H and O–H groups in total. The minimum absolute atomic E-state index is 0.152. The highest BCUT2D eigenvalue weighted by molar-refractivity contribution is 6.15. The number of carbonyl (C=O) groups is 2. The lowest BCUT2D eigenvalue weighted by Crippen LogP contribution is -2.31. The number of hydrogen-bond acceptors (Lipinski definition) is 2. The van der Waals surface area contributed by atoms with Crippen LogP contribution in [0, 0.1) is 5.41 Å². The predicted molar refractivity (Wildman–Crippen MR) is 44.7 cm³/mol. The van der Waals surface area contributed by atoms with Crippen LogP contribution in [-0.4, -0.2) is 11.6 Å². The first kappa shape index (κ1) is 7.71. The van der Waals surface area contributed by atoms with Gasteiger partial charge in [-0.15, -0.1) is 0 Å². The fraction of sp³-hybridized carbons (Fsp3) is 0.600. The van der Waals surface area contributed by atoms with Gasteiger partial charge in [-0.3, -0.25) is 9.59 Å². The molecule has 0 aromatic carbocycles. The van der Waals surface area contributed by atoms with E-state index in [9.17, 15) is 9.59 Å². The van der Waals surface area contributed by atoms with E-state index >= 15 is 0 Å². The summed E-state index contributed by atoms with van der Waals surface area (Å²) < 4.78 is 0. The first-order valence-corrected chi connectivity index (χ1v) is 4.42. The van der Waals surface area contributed by atoms with E-state index in [4.69, 9.17) is 0 Å². The van der Waals surface area contributed by atoms with Crippen LogP contribution >= 0.6 is 0 Å². The van der Waals surface area contributed by atoms with Gasteiger partial charge in [0.1, 0.15) is 5.41 Å². The van der Waals surface area contributed by atoms with Gasteiger partial charge in [0.2, 0.25) is 0 Å². The van der Waals surface area contributed by atoms with E-state index in [2.05, 4.69) is 0 Å². The zero-order valence-corrected chi connectivity index (χ0v) is 7.22. The SMILES string of the molecule is CC1=CCCC12C(=O)CCC2=O. The van der Waals surface area contributed by atoms with Crippen LogP contribution in [0.15, 0.2) is 11.6 Å². The average Bonchev–Trinajstić information content (AvgIpc) is 2.53. The molecule has 1 spiro atoms. The van der Waals surface area contributed by atoms with Gasteiger partial charge in [-0.05, 0) is 19.8 Å². The topological polar surface area (TPSA) is 34.1 Å². The molecule has 0 aromatic rings. The summed E-state index contributed by atoms with van der Waals surface area (Å²) in [6.07, 6.45) is 4.58. The van der Waals surface area contributed by atoms with E-state index in [1.54, 1.807) is 0 Å². The average molecular weight is 164 g/mol. The highest BCUT2D eigenvalue weighted by Gasteiger charge is 2.51. The van der Waals surface area contributed by atoms with Gasteiger partial charge in [-0.25, -0.2) is 0 Å². The van der Waals surface area contributed by atoms with Crippen LogP contribution in [-0.2, 0) is 9.59 Å². The second kappa shape index (κ2) is 2.28. The molecule has 0 amide bonds. The maximum Gasteiger partial charge on any atom is 0.150 e. The Morgan fingerprint density at radius 2 is 1.83 bits per heavy atom. The molecule has 2 nitrogen and oxygen atoms in total. The van der Waals surface area contributed by atoms with Crippen LogP contribution in [0.25, 0.3) is 0 Å². The van der Waals surface area contributed by atoms with Crippen LogP contribution in [0.5, 0.6) is 0 Å². The van der Waals surface area contributed by atoms with Gasteiger partial charge in [0, 0.05) is 12.8 Å². The van der Waals surface area contributed by atoms with Crippen molar-refractivity contribution in [1.29, 1.82) is 0 Å². The van der Waals surface area contributed by atoms with Gasteiger partial charge >= 0.3 is 0 Å². The van der Waals surface area contributed by atoms with Crippen LogP contribution in [0.4, 0.5) is 0 Å². The molecule has 64 valence electrons. The van der Waals surface area contributed by atoms with Crippen molar-refractivity contribution < 1.29 is 9.59 Å². The van der Waals surface area contributed by atoms with Gasteiger partial charge in [-0.1, -0.05) is 11.6 Å². The minimum atomic E-state index is -0.653. The van der Waals surface area contributed by atoms with Crippen molar-refractivity contribution in [1.82, 2.24) is 0 Å². The Morgan fingerprint density at radius 3 is 2.25 bits per heavy atom. The van der Waals surface area contributed by atoms with E-state index < -0.39 is 5.41 Å². The van der Waals surface area contributed by atoms with Crippen molar-refractivity contribution in [3.8, 4) is 0 Å². The molecule has 0 radical (unpaired) electrons. The Bertz CT molecular complexity index is 270. The molecule has 0 bridgehead atoms. The molecular weight excluding hydrogens is 152 g/mol. The van der Waals surface area contributed by atoms with Crippen LogP contribution in [0.1, 0.15) is 32.6 Å². The molecule has 0 aromatic heterocycles. The molecular formula is C10H12O2. The molecule has 0 aliphatic heterocycles. The van der Waals surface area contributed by atoms with Crippen molar-refractivity contribution >= 4 is 11.6 Å². The fourth-order valence-electron chi connectivity index (χ4n) is 2.40. The number of carbonyl (C=O) groups excluding carboxylic acids is 2. The number of ketones is 2. The van der Waals surface area contributed by atoms with Crippen LogP contribution < -0.4 is 0 Å². The third-order valence-corrected chi connectivity index (χ3v) is 3.17. The molecule has 2 rings (SSSR count). The van der Waals surface area contributed by atoms with Gasteiger partial charge in [0.25, 0.3) is 0 Å². The Morgan fingerprint density at radius 1 is 1.25 bits per heavy atom. The minimum Gasteiger partial charge on any atom is -0.298 e. The summed E-state index contributed by atoms with van der Waals surface area (Å²) in [4.78, 5) is 23.1. The van der Waals surface area contributed by atoms with Crippen molar-refractivity contribution in [2.75, 3.05) is 0 Å². The zero-order valence-electron chi connectivity index (χ0n) is 7.22. The van der Waals surface area contributed by atoms with E-state index in [-0.39, 0.29) is 11.6 Å². The summed E-state index contributed by atoms with van der Waals surface area (Å²) in [6, 6.07) is 0. The summed E-state index contributed by atoms with van der Waals surface area (Å²) in [7, 11) is 0. The van der Waals surface area contributed by atoms with E-state index in [0.29, 0.717) is 12.8 Å². The maximum absolute atomic E-state index is 11.6. The Kier molecular flexibility index (Phi) is 1.47. The molecule has 0 atom stereocenters. The Labute approximate surface area is 71.6 Å². The second-order valence-electron chi connectivity index (χ2n) is 3.68. The van der Waals surface area contributed by atoms with Gasteiger partial charge in [-0.2, -0.15) is 0 Å². The molecule has 2 aliphatic carbocycles. The van der Waals surface area contributed by atoms with E-state index in [1.165, 1.54) is 0 Å². The van der Waals surface area contributed by atoms with Crippen LogP contribution in [0.2, 0.25) is 0 Å². The van der Waals surface area contributed by atoms with Crippen molar-refractivity contribution in [3.63, 3.8) is 0 Å². The summed E-state index contributed by atoms with van der Waals surface area (Å²) in [5.41, 5.74) is 0.343. The van der Waals surface area contributed by atoms with Gasteiger partial charge < -0.3 is 0 Å². The fourth-order valence-corrected chi connectivity index (χ4v) is 2.40. The Balaban J connectivity index is 2.48. The second-order valence-corrected chi connectivity index (χ2v) is 3.68. The summed E-state index contributed by atoms with van der Waals surface area (Å²) >= 11 is 0. The highest BCUT2D eigenvalue weighted by Crippen LogP contribution is 2.46. The normalized spacial score (nSPS) is 26.9.